The molecule has 0 bridgehead atoms. The Balaban J connectivity index is 0.00000529. The summed E-state index contributed by atoms with van der Waals surface area (Å²) in [6.45, 7) is 4.85. The van der Waals surface area contributed by atoms with Gasteiger partial charge in [0.2, 0.25) is 0 Å². The van der Waals surface area contributed by atoms with Crippen molar-refractivity contribution in [3.05, 3.63) is 39.9 Å². The number of non-ortho nitro benzene ring substituents is 1. The van der Waals surface area contributed by atoms with Crippen LogP contribution >= 0.6 is 24.0 Å². The number of nitrogens with zero attached hydrogens (tertiary/aromatic N) is 2. The molecule has 24 heavy (non-hydrogen) atoms. The molecule has 0 radical (unpaired) electrons. The largest absolute Gasteiger partial charge is 0.382 e. The fourth-order valence-electron chi connectivity index (χ4n) is 2.02. The normalized spacial score (nSPS) is 11.0. The Morgan fingerprint density at radius 3 is 2.62 bits per heavy atom. The molecular formula is C16H27IN4O3. The van der Waals surface area contributed by atoms with Crippen LogP contribution in [-0.4, -0.2) is 37.2 Å². The van der Waals surface area contributed by atoms with Crippen LogP contribution in [0.15, 0.2) is 29.3 Å². The fraction of sp³-hybridized carbons (Fsp3) is 0.562. The monoisotopic (exact) mass is 450 g/mol. The molecule has 7 nitrogen and oxygen atoms in total. The van der Waals surface area contributed by atoms with E-state index in [9.17, 15) is 10.1 Å². The summed E-state index contributed by atoms with van der Waals surface area (Å²) >= 11 is 0. The fourth-order valence-corrected chi connectivity index (χ4v) is 2.02. The van der Waals surface area contributed by atoms with Gasteiger partial charge in [-0.25, -0.2) is 0 Å². The van der Waals surface area contributed by atoms with Gasteiger partial charge in [0, 0.05) is 38.4 Å². The first-order valence-electron chi connectivity index (χ1n) is 7.98. The van der Waals surface area contributed by atoms with Crippen molar-refractivity contribution in [2.24, 2.45) is 10.7 Å². The Labute approximate surface area is 160 Å². The predicted octanol–water partition coefficient (Wildman–Crippen LogP) is 2.87. The lowest BCUT2D eigenvalue weighted by Crippen LogP contribution is -2.32. The number of benzene rings is 1. The van der Waals surface area contributed by atoms with Gasteiger partial charge in [0.15, 0.2) is 5.96 Å². The Bertz CT molecular complexity index is 495. The van der Waals surface area contributed by atoms with Crippen LogP contribution in [0.2, 0.25) is 0 Å². The number of nitrogens with two attached hydrogens (primary N) is 1. The zero-order valence-corrected chi connectivity index (χ0v) is 16.4. The molecule has 0 fully saturated rings. The van der Waals surface area contributed by atoms with E-state index in [-0.39, 0.29) is 34.6 Å². The van der Waals surface area contributed by atoms with Crippen molar-refractivity contribution >= 4 is 35.6 Å². The lowest BCUT2D eigenvalue weighted by molar-refractivity contribution is -0.384. The molecule has 3 N–H and O–H groups in total. The van der Waals surface area contributed by atoms with Gasteiger partial charge in [0.1, 0.15) is 0 Å². The minimum Gasteiger partial charge on any atom is -0.382 e. The highest BCUT2D eigenvalue weighted by Crippen LogP contribution is 2.13. The van der Waals surface area contributed by atoms with Crippen LogP contribution in [0.5, 0.6) is 0 Å². The van der Waals surface area contributed by atoms with E-state index in [1.165, 1.54) is 0 Å². The standard InChI is InChI=1S/C16H26N4O3.HI/c1-2-23-13-5-12-19-16(17)18-11-4-3-6-14-7-9-15(10-8-14)20(21)22;/h7-10H,2-6,11-13H2,1H3,(H3,17,18,19);1H. The number of unbranched alkanes of at least 4 members (excludes halogenated alkanes) is 1. The molecule has 0 aliphatic heterocycles. The second-order valence-corrected chi connectivity index (χ2v) is 5.12. The van der Waals surface area contributed by atoms with Crippen molar-refractivity contribution in [2.75, 3.05) is 26.3 Å². The van der Waals surface area contributed by atoms with Gasteiger partial charge in [0.05, 0.1) is 4.92 Å². The maximum absolute atomic E-state index is 10.6. The molecule has 136 valence electrons. The maximum Gasteiger partial charge on any atom is 0.269 e. The van der Waals surface area contributed by atoms with Gasteiger partial charge in [-0.1, -0.05) is 12.1 Å². The van der Waals surface area contributed by atoms with Crippen molar-refractivity contribution in [2.45, 2.75) is 32.6 Å². The molecule has 0 amide bonds. The first kappa shape index (κ1) is 22.6. The number of aliphatic imine (C=N–C) groups is 1. The number of aryl methyl sites for hydroxylation is 1. The molecule has 8 heteroatoms. The van der Waals surface area contributed by atoms with Crippen LogP contribution in [0.1, 0.15) is 31.7 Å². The Kier molecular flexibility index (Phi) is 13.1. The number of nitro groups is 1. The average Bonchev–Trinajstić information content (AvgIpc) is 2.54. The summed E-state index contributed by atoms with van der Waals surface area (Å²) in [5, 5.41) is 13.7. The minimum atomic E-state index is -0.385. The van der Waals surface area contributed by atoms with E-state index in [1.54, 1.807) is 24.3 Å². The third kappa shape index (κ3) is 10.4. The summed E-state index contributed by atoms with van der Waals surface area (Å²) in [5.74, 6) is 0.469. The molecule has 0 saturated carbocycles. The van der Waals surface area contributed by atoms with Crippen LogP contribution in [0.3, 0.4) is 0 Å². The summed E-state index contributed by atoms with van der Waals surface area (Å²) in [6.07, 6.45) is 3.72. The van der Waals surface area contributed by atoms with Crippen molar-refractivity contribution in [1.29, 1.82) is 0 Å². The van der Waals surface area contributed by atoms with Crippen LogP contribution in [0.4, 0.5) is 5.69 Å². The molecule has 0 aliphatic carbocycles. The van der Waals surface area contributed by atoms with Gasteiger partial charge < -0.3 is 15.8 Å². The van der Waals surface area contributed by atoms with E-state index in [4.69, 9.17) is 10.5 Å². The SMILES string of the molecule is CCOCCCN=C(N)NCCCCc1ccc([N+](=O)[O-])cc1.I. The maximum atomic E-state index is 10.6. The van der Waals surface area contributed by atoms with E-state index in [2.05, 4.69) is 10.3 Å². The van der Waals surface area contributed by atoms with Crippen molar-refractivity contribution < 1.29 is 9.66 Å². The third-order valence-corrected chi connectivity index (χ3v) is 3.28. The minimum absolute atomic E-state index is 0. The lowest BCUT2D eigenvalue weighted by Gasteiger charge is -2.06. The van der Waals surface area contributed by atoms with E-state index in [0.29, 0.717) is 19.1 Å². The molecular weight excluding hydrogens is 423 g/mol. The summed E-state index contributed by atoms with van der Waals surface area (Å²) in [5.41, 5.74) is 6.99. The van der Waals surface area contributed by atoms with E-state index >= 15 is 0 Å². The molecule has 0 saturated heterocycles. The number of hydrogen-bond acceptors (Lipinski definition) is 4. The van der Waals surface area contributed by atoms with Gasteiger partial charge in [-0.05, 0) is 38.2 Å². The third-order valence-electron chi connectivity index (χ3n) is 3.28. The highest BCUT2D eigenvalue weighted by Gasteiger charge is 2.03. The summed E-state index contributed by atoms with van der Waals surface area (Å²) in [6, 6.07) is 6.69. The van der Waals surface area contributed by atoms with E-state index < -0.39 is 0 Å². The Hall–Kier alpha value is -1.42. The Morgan fingerprint density at radius 2 is 2.00 bits per heavy atom. The number of nitrogens with one attached hydrogen (secondary N) is 1. The second-order valence-electron chi connectivity index (χ2n) is 5.12. The van der Waals surface area contributed by atoms with Gasteiger partial charge in [-0.15, -0.1) is 24.0 Å². The summed E-state index contributed by atoms with van der Waals surface area (Å²) in [4.78, 5) is 14.4. The van der Waals surface area contributed by atoms with Crippen LogP contribution in [-0.2, 0) is 11.2 Å². The van der Waals surface area contributed by atoms with Crippen LogP contribution in [0, 0.1) is 10.1 Å². The number of hydrogen-bond donors (Lipinski definition) is 2. The first-order chi connectivity index (χ1) is 11.1. The van der Waals surface area contributed by atoms with Crippen LogP contribution < -0.4 is 11.1 Å². The molecule has 0 unspecified atom stereocenters. The molecule has 1 aromatic rings. The quantitative estimate of drug-likeness (QED) is 0.135. The number of rotatable bonds is 11. The molecule has 0 aromatic heterocycles. The predicted molar refractivity (Wildman–Crippen MR) is 107 cm³/mol. The van der Waals surface area contributed by atoms with Crippen molar-refractivity contribution in [1.82, 2.24) is 5.32 Å². The molecule has 0 aliphatic rings. The van der Waals surface area contributed by atoms with Gasteiger partial charge in [0.25, 0.3) is 5.69 Å². The number of nitro benzene ring substituents is 1. The lowest BCUT2D eigenvalue weighted by atomic mass is 10.1. The zero-order valence-electron chi connectivity index (χ0n) is 14.1. The average molecular weight is 450 g/mol. The zero-order chi connectivity index (χ0) is 16.9. The van der Waals surface area contributed by atoms with Gasteiger partial charge in [-0.3, -0.25) is 15.1 Å². The molecule has 1 aromatic carbocycles. The van der Waals surface area contributed by atoms with Gasteiger partial charge >= 0.3 is 0 Å². The second kappa shape index (κ2) is 14.0. The van der Waals surface area contributed by atoms with E-state index in [0.717, 1.165) is 44.4 Å². The summed E-state index contributed by atoms with van der Waals surface area (Å²) < 4.78 is 5.22. The molecule has 0 spiro atoms. The van der Waals surface area contributed by atoms with Gasteiger partial charge in [-0.2, -0.15) is 0 Å². The summed E-state index contributed by atoms with van der Waals surface area (Å²) in [7, 11) is 0. The highest BCUT2D eigenvalue weighted by molar-refractivity contribution is 14.0. The molecule has 0 heterocycles. The number of guanidine groups is 1. The topological polar surface area (TPSA) is 103 Å². The first-order valence-corrected chi connectivity index (χ1v) is 7.98. The number of ether oxygens (including phenoxy) is 1. The van der Waals surface area contributed by atoms with Crippen molar-refractivity contribution in [3.8, 4) is 0 Å². The smallest absolute Gasteiger partial charge is 0.269 e. The van der Waals surface area contributed by atoms with Crippen LogP contribution in [0.25, 0.3) is 0 Å². The van der Waals surface area contributed by atoms with E-state index in [1.807, 2.05) is 6.92 Å². The van der Waals surface area contributed by atoms with Crippen molar-refractivity contribution in [3.63, 3.8) is 0 Å². The Morgan fingerprint density at radius 1 is 1.29 bits per heavy atom. The molecule has 0 atom stereocenters. The molecule has 1 rings (SSSR count). The number of halogens is 1. The highest BCUT2D eigenvalue weighted by atomic mass is 127.